The second-order valence-corrected chi connectivity index (χ2v) is 9.17. The van der Waals surface area contributed by atoms with Crippen LogP contribution in [0, 0.1) is 0 Å². The molecule has 8 heteroatoms. The summed E-state index contributed by atoms with van der Waals surface area (Å²) >= 11 is 0. The first kappa shape index (κ1) is 22.0. The van der Waals surface area contributed by atoms with Crippen molar-refractivity contribution in [2.24, 2.45) is 0 Å². The molecule has 2 aromatic rings. The highest BCUT2D eigenvalue weighted by Gasteiger charge is 2.38. The Balaban J connectivity index is 1.62. The van der Waals surface area contributed by atoms with Crippen molar-refractivity contribution in [2.45, 2.75) is 36.7 Å². The Labute approximate surface area is 177 Å². The van der Waals surface area contributed by atoms with Crippen LogP contribution in [0.4, 0.5) is 0 Å². The predicted molar refractivity (Wildman–Crippen MR) is 112 cm³/mol. The molecule has 1 aliphatic rings. The van der Waals surface area contributed by atoms with Crippen molar-refractivity contribution < 1.29 is 22.7 Å². The number of esters is 1. The standard InChI is InChI=1S/C22H26N2O5S/c1-23(16-18-10-4-2-5-11-18)21(25)17-29-22(26)20-14-8-9-15-24(20)30(27,28)19-12-6-3-7-13-19/h2-7,10-13,20H,8-9,14-17H2,1H3. The smallest absolute Gasteiger partial charge is 0.324 e. The lowest BCUT2D eigenvalue weighted by molar-refractivity contribution is -0.155. The van der Waals surface area contributed by atoms with Crippen LogP contribution < -0.4 is 0 Å². The number of likely N-dealkylation sites (N-methyl/N-ethyl adjacent to an activating group) is 1. The van der Waals surface area contributed by atoms with Crippen LogP contribution in [0.3, 0.4) is 0 Å². The minimum atomic E-state index is -3.81. The zero-order chi connectivity index (χ0) is 21.6. The molecule has 1 fully saturated rings. The number of hydrogen-bond acceptors (Lipinski definition) is 5. The predicted octanol–water partition coefficient (Wildman–Crippen LogP) is 2.43. The molecular formula is C22H26N2O5S. The third-order valence-electron chi connectivity index (χ3n) is 5.10. The molecule has 0 N–H and O–H groups in total. The van der Waals surface area contributed by atoms with Gasteiger partial charge in [-0.2, -0.15) is 4.31 Å². The van der Waals surface area contributed by atoms with Gasteiger partial charge in [0.25, 0.3) is 5.91 Å². The molecule has 1 amide bonds. The van der Waals surface area contributed by atoms with E-state index in [2.05, 4.69) is 0 Å². The Morgan fingerprint density at radius 3 is 2.33 bits per heavy atom. The Hall–Kier alpha value is -2.71. The van der Waals surface area contributed by atoms with Gasteiger partial charge in [-0.1, -0.05) is 48.5 Å². The number of sulfonamides is 1. The molecule has 30 heavy (non-hydrogen) atoms. The van der Waals surface area contributed by atoms with Crippen LogP contribution in [0.5, 0.6) is 0 Å². The molecule has 3 rings (SSSR count). The molecular weight excluding hydrogens is 404 g/mol. The highest BCUT2D eigenvalue weighted by Crippen LogP contribution is 2.26. The summed E-state index contributed by atoms with van der Waals surface area (Å²) < 4.78 is 32.4. The van der Waals surface area contributed by atoms with Crippen molar-refractivity contribution in [1.82, 2.24) is 9.21 Å². The number of carbonyl (C=O) groups is 2. The number of benzene rings is 2. The molecule has 1 heterocycles. The van der Waals surface area contributed by atoms with Gasteiger partial charge in [0, 0.05) is 20.1 Å². The second-order valence-electron chi connectivity index (χ2n) is 7.28. The maximum Gasteiger partial charge on any atom is 0.324 e. The van der Waals surface area contributed by atoms with Crippen LogP contribution in [0.15, 0.2) is 65.6 Å². The second kappa shape index (κ2) is 9.86. The summed E-state index contributed by atoms with van der Waals surface area (Å²) in [7, 11) is -2.18. The van der Waals surface area contributed by atoms with Crippen LogP contribution in [-0.2, 0) is 30.9 Å². The highest BCUT2D eigenvalue weighted by molar-refractivity contribution is 7.89. The van der Waals surface area contributed by atoms with Gasteiger partial charge in [-0.25, -0.2) is 8.42 Å². The van der Waals surface area contributed by atoms with E-state index in [-0.39, 0.29) is 17.3 Å². The maximum absolute atomic E-state index is 13.0. The van der Waals surface area contributed by atoms with Gasteiger partial charge in [-0.15, -0.1) is 0 Å². The van der Waals surface area contributed by atoms with E-state index in [0.717, 1.165) is 12.0 Å². The third kappa shape index (κ3) is 5.25. The minimum absolute atomic E-state index is 0.142. The molecule has 0 saturated carbocycles. The number of amides is 1. The van der Waals surface area contributed by atoms with E-state index in [1.54, 1.807) is 25.2 Å². The van der Waals surface area contributed by atoms with Crippen molar-refractivity contribution in [3.8, 4) is 0 Å². The maximum atomic E-state index is 13.0. The number of nitrogens with zero attached hydrogens (tertiary/aromatic N) is 2. The Morgan fingerprint density at radius 2 is 1.67 bits per heavy atom. The molecule has 7 nitrogen and oxygen atoms in total. The van der Waals surface area contributed by atoms with Crippen LogP contribution in [0.1, 0.15) is 24.8 Å². The topological polar surface area (TPSA) is 84.0 Å². The Bertz CT molecular complexity index is 964. The average molecular weight is 431 g/mol. The molecule has 0 radical (unpaired) electrons. The van der Waals surface area contributed by atoms with Crippen molar-refractivity contribution in [1.29, 1.82) is 0 Å². The number of rotatable bonds is 7. The summed E-state index contributed by atoms with van der Waals surface area (Å²) in [6.45, 7) is 0.228. The van der Waals surface area contributed by atoms with E-state index in [1.807, 2.05) is 30.3 Å². The quantitative estimate of drug-likeness (QED) is 0.630. The first-order chi connectivity index (χ1) is 14.4. The zero-order valence-corrected chi connectivity index (χ0v) is 17.8. The number of hydrogen-bond donors (Lipinski definition) is 0. The van der Waals surface area contributed by atoms with E-state index >= 15 is 0 Å². The highest BCUT2D eigenvalue weighted by atomic mass is 32.2. The number of ether oxygens (including phenoxy) is 1. The molecule has 0 aromatic heterocycles. The van der Waals surface area contributed by atoms with Gasteiger partial charge in [0.15, 0.2) is 6.61 Å². The van der Waals surface area contributed by atoms with E-state index in [4.69, 9.17) is 4.74 Å². The Morgan fingerprint density at radius 1 is 1.03 bits per heavy atom. The Kier molecular flexibility index (Phi) is 7.23. The van der Waals surface area contributed by atoms with Crippen molar-refractivity contribution in [2.75, 3.05) is 20.2 Å². The van der Waals surface area contributed by atoms with Gasteiger partial charge in [0.1, 0.15) is 6.04 Å². The van der Waals surface area contributed by atoms with Crippen LogP contribution in [-0.4, -0.2) is 55.7 Å². The summed E-state index contributed by atoms with van der Waals surface area (Å²) in [4.78, 5) is 26.6. The van der Waals surface area contributed by atoms with E-state index < -0.39 is 28.6 Å². The largest absolute Gasteiger partial charge is 0.454 e. The zero-order valence-electron chi connectivity index (χ0n) is 16.9. The summed E-state index contributed by atoms with van der Waals surface area (Å²) in [5.74, 6) is -1.03. The first-order valence-corrected chi connectivity index (χ1v) is 11.3. The lowest BCUT2D eigenvalue weighted by Gasteiger charge is -2.33. The summed E-state index contributed by atoms with van der Waals surface area (Å²) in [6, 6.07) is 16.6. The molecule has 0 spiro atoms. The summed E-state index contributed by atoms with van der Waals surface area (Å²) in [5.41, 5.74) is 0.965. The fourth-order valence-corrected chi connectivity index (χ4v) is 5.11. The van der Waals surface area contributed by atoms with Crippen LogP contribution in [0.25, 0.3) is 0 Å². The average Bonchev–Trinajstić information content (AvgIpc) is 2.78. The van der Waals surface area contributed by atoms with Gasteiger partial charge >= 0.3 is 5.97 Å². The van der Waals surface area contributed by atoms with Gasteiger partial charge < -0.3 is 9.64 Å². The minimum Gasteiger partial charge on any atom is -0.454 e. The molecule has 1 saturated heterocycles. The normalized spacial score (nSPS) is 17.3. The molecule has 0 aliphatic carbocycles. The fourth-order valence-electron chi connectivity index (χ4n) is 3.44. The molecule has 1 unspecified atom stereocenters. The first-order valence-electron chi connectivity index (χ1n) is 9.91. The van der Waals surface area contributed by atoms with Crippen LogP contribution >= 0.6 is 0 Å². The van der Waals surface area contributed by atoms with Gasteiger partial charge in [0.2, 0.25) is 10.0 Å². The monoisotopic (exact) mass is 430 g/mol. The molecule has 2 aromatic carbocycles. The number of carbonyl (C=O) groups excluding carboxylic acids is 2. The number of piperidine rings is 1. The molecule has 160 valence electrons. The van der Waals surface area contributed by atoms with E-state index in [0.29, 0.717) is 19.4 Å². The summed E-state index contributed by atoms with van der Waals surface area (Å²) in [5, 5.41) is 0. The molecule has 1 aliphatic heterocycles. The summed E-state index contributed by atoms with van der Waals surface area (Å²) in [6.07, 6.45) is 1.77. The SMILES string of the molecule is CN(Cc1ccccc1)C(=O)COC(=O)C1CCCCN1S(=O)(=O)c1ccccc1. The third-order valence-corrected chi connectivity index (χ3v) is 7.02. The van der Waals surface area contributed by atoms with E-state index in [9.17, 15) is 18.0 Å². The van der Waals surface area contributed by atoms with E-state index in [1.165, 1.54) is 21.3 Å². The lowest BCUT2D eigenvalue weighted by Crippen LogP contribution is -2.49. The lowest BCUT2D eigenvalue weighted by atomic mass is 10.1. The van der Waals surface area contributed by atoms with Gasteiger partial charge in [-0.3, -0.25) is 9.59 Å². The van der Waals surface area contributed by atoms with Crippen molar-refractivity contribution in [3.63, 3.8) is 0 Å². The van der Waals surface area contributed by atoms with Gasteiger partial charge in [-0.05, 0) is 37.0 Å². The fraction of sp³-hybridized carbons (Fsp3) is 0.364. The van der Waals surface area contributed by atoms with Crippen LogP contribution in [0.2, 0.25) is 0 Å². The molecule has 1 atom stereocenters. The van der Waals surface area contributed by atoms with Crippen molar-refractivity contribution >= 4 is 21.9 Å². The van der Waals surface area contributed by atoms with Gasteiger partial charge in [0.05, 0.1) is 4.90 Å². The van der Waals surface area contributed by atoms with Crippen molar-refractivity contribution in [3.05, 3.63) is 66.2 Å². The molecule has 0 bridgehead atoms.